The van der Waals surface area contributed by atoms with Gasteiger partial charge in [-0.1, -0.05) is 0 Å². The van der Waals surface area contributed by atoms with Crippen molar-refractivity contribution in [2.24, 2.45) is 0 Å². The van der Waals surface area contributed by atoms with Crippen LogP contribution >= 0.6 is 0 Å². The van der Waals surface area contributed by atoms with E-state index in [0.717, 1.165) is 19.2 Å². The van der Waals surface area contributed by atoms with Gasteiger partial charge < -0.3 is 4.74 Å². The summed E-state index contributed by atoms with van der Waals surface area (Å²) in [5.74, 6) is 0. The van der Waals surface area contributed by atoms with Crippen molar-refractivity contribution in [3.8, 4) is 6.07 Å². The minimum absolute atomic E-state index is 0.382. The molecule has 1 rings (SSSR count). The molecule has 1 atom stereocenters. The van der Waals surface area contributed by atoms with Crippen LogP contribution in [0.25, 0.3) is 0 Å². The van der Waals surface area contributed by atoms with Crippen molar-refractivity contribution >= 4 is 0 Å². The van der Waals surface area contributed by atoms with E-state index in [1.165, 1.54) is 12.8 Å². The molecular formula is C10H18N2O. The first-order valence-corrected chi connectivity index (χ1v) is 4.91. The summed E-state index contributed by atoms with van der Waals surface area (Å²) in [6.07, 6.45) is 3.21. The van der Waals surface area contributed by atoms with E-state index in [-0.39, 0.29) is 0 Å². The minimum Gasteiger partial charge on any atom is -0.383 e. The Labute approximate surface area is 80.3 Å². The van der Waals surface area contributed by atoms with Crippen molar-refractivity contribution in [3.63, 3.8) is 0 Å². The molecule has 3 nitrogen and oxygen atoms in total. The van der Waals surface area contributed by atoms with Crippen molar-refractivity contribution in [2.75, 3.05) is 20.3 Å². The standard InChI is InChI=1S/C10H18N2O/c1-9(5-6-11)12(7-8-13-2)10-3-4-10/h9-10H,3-5,7-8H2,1-2H3. The largest absolute Gasteiger partial charge is 0.383 e. The highest BCUT2D eigenvalue weighted by Crippen LogP contribution is 2.28. The second kappa shape index (κ2) is 5.21. The summed E-state index contributed by atoms with van der Waals surface area (Å²) in [5, 5.41) is 8.61. The van der Waals surface area contributed by atoms with Crippen LogP contribution in [0.15, 0.2) is 0 Å². The van der Waals surface area contributed by atoms with Gasteiger partial charge in [0.05, 0.1) is 19.1 Å². The van der Waals surface area contributed by atoms with Gasteiger partial charge in [-0.25, -0.2) is 0 Å². The zero-order valence-electron chi connectivity index (χ0n) is 8.49. The van der Waals surface area contributed by atoms with Gasteiger partial charge in [-0.05, 0) is 19.8 Å². The van der Waals surface area contributed by atoms with E-state index in [1.54, 1.807) is 7.11 Å². The lowest BCUT2D eigenvalue weighted by molar-refractivity contribution is 0.120. The van der Waals surface area contributed by atoms with Crippen LogP contribution in [-0.2, 0) is 4.74 Å². The van der Waals surface area contributed by atoms with Crippen LogP contribution in [-0.4, -0.2) is 37.2 Å². The second-order valence-electron chi connectivity index (χ2n) is 3.67. The van der Waals surface area contributed by atoms with E-state index in [9.17, 15) is 0 Å². The fraction of sp³-hybridized carbons (Fsp3) is 0.900. The molecule has 1 fully saturated rings. The maximum atomic E-state index is 8.61. The third-order valence-electron chi connectivity index (χ3n) is 2.52. The van der Waals surface area contributed by atoms with E-state index in [1.807, 2.05) is 0 Å². The summed E-state index contributed by atoms with van der Waals surface area (Å²) < 4.78 is 5.05. The Hall–Kier alpha value is -0.590. The number of ether oxygens (including phenoxy) is 1. The Bertz CT molecular complexity index is 184. The van der Waals surface area contributed by atoms with Gasteiger partial charge in [0.25, 0.3) is 0 Å². The summed E-state index contributed by atoms with van der Waals surface area (Å²) in [5.41, 5.74) is 0. The van der Waals surface area contributed by atoms with Gasteiger partial charge in [0, 0.05) is 25.7 Å². The van der Waals surface area contributed by atoms with Crippen LogP contribution in [0, 0.1) is 11.3 Å². The van der Waals surface area contributed by atoms with Crippen LogP contribution in [0.5, 0.6) is 0 Å². The molecule has 0 aromatic heterocycles. The van der Waals surface area contributed by atoms with E-state index in [2.05, 4.69) is 17.9 Å². The molecular weight excluding hydrogens is 164 g/mol. The lowest BCUT2D eigenvalue weighted by atomic mass is 10.2. The number of nitriles is 1. The van der Waals surface area contributed by atoms with Crippen LogP contribution in [0.1, 0.15) is 26.2 Å². The number of hydrogen-bond acceptors (Lipinski definition) is 3. The first-order valence-electron chi connectivity index (χ1n) is 4.91. The number of nitrogens with zero attached hydrogens (tertiary/aromatic N) is 2. The summed E-state index contributed by atoms with van der Waals surface area (Å²) in [6, 6.07) is 3.33. The molecule has 1 unspecified atom stereocenters. The number of methoxy groups -OCH3 is 1. The van der Waals surface area contributed by atoms with Crippen molar-refractivity contribution in [1.29, 1.82) is 5.26 Å². The summed E-state index contributed by atoms with van der Waals surface area (Å²) in [6.45, 7) is 3.85. The fourth-order valence-corrected chi connectivity index (χ4v) is 1.62. The van der Waals surface area contributed by atoms with Gasteiger partial charge in [0.2, 0.25) is 0 Å². The minimum atomic E-state index is 0.382. The molecule has 0 N–H and O–H groups in total. The highest BCUT2D eigenvalue weighted by molar-refractivity contribution is 4.90. The third kappa shape index (κ3) is 3.33. The molecule has 0 aliphatic heterocycles. The summed E-state index contributed by atoms with van der Waals surface area (Å²) in [7, 11) is 1.72. The maximum absolute atomic E-state index is 8.61. The molecule has 1 aliphatic rings. The predicted molar refractivity (Wildman–Crippen MR) is 51.3 cm³/mol. The molecule has 0 spiro atoms. The second-order valence-corrected chi connectivity index (χ2v) is 3.67. The lowest BCUT2D eigenvalue weighted by Gasteiger charge is -2.26. The van der Waals surface area contributed by atoms with E-state index in [4.69, 9.17) is 10.00 Å². The fourth-order valence-electron chi connectivity index (χ4n) is 1.62. The lowest BCUT2D eigenvalue weighted by Crippen LogP contribution is -2.37. The van der Waals surface area contributed by atoms with Crippen molar-refractivity contribution < 1.29 is 4.74 Å². The topological polar surface area (TPSA) is 36.3 Å². The average Bonchev–Trinajstić information content (AvgIpc) is 2.89. The normalized spacial score (nSPS) is 18.6. The number of rotatable bonds is 6. The Morgan fingerprint density at radius 2 is 2.31 bits per heavy atom. The smallest absolute Gasteiger partial charge is 0.0638 e. The Morgan fingerprint density at radius 1 is 1.62 bits per heavy atom. The zero-order chi connectivity index (χ0) is 9.68. The molecule has 0 amide bonds. The van der Waals surface area contributed by atoms with Gasteiger partial charge in [0.15, 0.2) is 0 Å². The van der Waals surface area contributed by atoms with E-state index < -0.39 is 0 Å². The van der Waals surface area contributed by atoms with Crippen LogP contribution in [0.4, 0.5) is 0 Å². The van der Waals surface area contributed by atoms with Crippen molar-refractivity contribution in [1.82, 2.24) is 4.90 Å². The SMILES string of the molecule is COCCN(C(C)CC#N)C1CC1. The first kappa shape index (κ1) is 10.5. The number of hydrogen-bond donors (Lipinski definition) is 0. The molecule has 13 heavy (non-hydrogen) atoms. The Kier molecular flexibility index (Phi) is 4.20. The van der Waals surface area contributed by atoms with E-state index in [0.29, 0.717) is 12.5 Å². The van der Waals surface area contributed by atoms with Crippen molar-refractivity contribution in [2.45, 2.75) is 38.3 Å². The van der Waals surface area contributed by atoms with Crippen LogP contribution in [0.3, 0.4) is 0 Å². The first-order chi connectivity index (χ1) is 6.29. The third-order valence-corrected chi connectivity index (χ3v) is 2.52. The van der Waals surface area contributed by atoms with Gasteiger partial charge in [0.1, 0.15) is 0 Å². The molecule has 74 valence electrons. The van der Waals surface area contributed by atoms with Crippen LogP contribution < -0.4 is 0 Å². The van der Waals surface area contributed by atoms with Crippen LogP contribution in [0.2, 0.25) is 0 Å². The van der Waals surface area contributed by atoms with Gasteiger partial charge in [-0.3, -0.25) is 4.90 Å². The maximum Gasteiger partial charge on any atom is 0.0638 e. The van der Waals surface area contributed by atoms with Gasteiger partial charge in [-0.2, -0.15) is 5.26 Å². The monoisotopic (exact) mass is 182 g/mol. The van der Waals surface area contributed by atoms with Gasteiger partial charge in [-0.15, -0.1) is 0 Å². The quantitative estimate of drug-likeness (QED) is 0.623. The molecule has 1 saturated carbocycles. The molecule has 0 bridgehead atoms. The highest BCUT2D eigenvalue weighted by atomic mass is 16.5. The molecule has 0 heterocycles. The van der Waals surface area contributed by atoms with Gasteiger partial charge >= 0.3 is 0 Å². The zero-order valence-corrected chi connectivity index (χ0v) is 8.49. The molecule has 0 aromatic rings. The molecule has 0 saturated heterocycles. The summed E-state index contributed by atoms with van der Waals surface area (Å²) in [4.78, 5) is 2.40. The van der Waals surface area contributed by atoms with Crippen molar-refractivity contribution in [3.05, 3.63) is 0 Å². The molecule has 0 radical (unpaired) electrons. The molecule has 3 heteroatoms. The Balaban J connectivity index is 2.32. The van der Waals surface area contributed by atoms with E-state index >= 15 is 0 Å². The molecule has 0 aromatic carbocycles. The highest BCUT2D eigenvalue weighted by Gasteiger charge is 2.31. The Morgan fingerprint density at radius 3 is 2.77 bits per heavy atom. The predicted octanol–water partition coefficient (Wildman–Crippen LogP) is 1.40. The molecule has 1 aliphatic carbocycles. The summed E-state index contributed by atoms with van der Waals surface area (Å²) >= 11 is 0. The average molecular weight is 182 g/mol.